The number of hydrazone groups is 1. The summed E-state index contributed by atoms with van der Waals surface area (Å²) < 4.78 is 5.64. The van der Waals surface area contributed by atoms with E-state index >= 15 is 0 Å². The molecule has 0 spiro atoms. The van der Waals surface area contributed by atoms with Crippen LogP contribution in [0, 0.1) is 0 Å². The lowest BCUT2D eigenvalue weighted by molar-refractivity contribution is -0.307. The molecule has 1 amide bonds. The zero-order valence-electron chi connectivity index (χ0n) is 11.9. The highest BCUT2D eigenvalue weighted by atomic mass is 79.9. The number of amides is 1. The molecule has 0 atom stereocenters. The number of benzene rings is 2. The van der Waals surface area contributed by atoms with Crippen LogP contribution in [0.25, 0.3) is 0 Å². The number of carbonyl (C=O) groups excluding carboxylic acids is 2. The van der Waals surface area contributed by atoms with Crippen LogP contribution < -0.4 is 15.3 Å². The quantitative estimate of drug-likeness (QED) is 0.609. The molecule has 0 aromatic heterocycles. The Kier molecular flexibility index (Phi) is 5.87. The predicted octanol–water partition coefficient (Wildman–Crippen LogP) is 1.34. The van der Waals surface area contributed by atoms with Crippen molar-refractivity contribution in [1.82, 2.24) is 5.43 Å². The first-order valence-electron chi connectivity index (χ1n) is 6.57. The molecule has 1 N–H and O–H groups in total. The summed E-state index contributed by atoms with van der Waals surface area (Å²) in [6, 6.07) is 13.6. The number of rotatable bonds is 6. The molecule has 6 nitrogen and oxygen atoms in total. The first kappa shape index (κ1) is 16.7. The second-order valence-corrected chi connectivity index (χ2v) is 5.26. The van der Waals surface area contributed by atoms with E-state index < -0.39 is 12.6 Å². The second-order valence-electron chi connectivity index (χ2n) is 4.41. The number of nitrogens with one attached hydrogen (secondary N) is 1. The van der Waals surface area contributed by atoms with Crippen LogP contribution in [0.3, 0.4) is 0 Å². The van der Waals surface area contributed by atoms with Crippen molar-refractivity contribution < 1.29 is 19.4 Å². The number of nitrogens with zero attached hydrogens (tertiary/aromatic N) is 1. The van der Waals surface area contributed by atoms with E-state index in [1.54, 1.807) is 42.5 Å². The molecule has 2 rings (SSSR count). The third-order valence-electron chi connectivity index (χ3n) is 2.73. The number of halogens is 1. The van der Waals surface area contributed by atoms with Crippen molar-refractivity contribution in [2.24, 2.45) is 5.10 Å². The first-order chi connectivity index (χ1) is 11.1. The number of carbonyl (C=O) groups is 2. The molecular weight excluding hydrogens is 364 g/mol. The fourth-order valence-corrected chi connectivity index (χ4v) is 2.13. The first-order valence-corrected chi connectivity index (χ1v) is 7.36. The van der Waals surface area contributed by atoms with Crippen LogP contribution in [0.5, 0.6) is 5.75 Å². The SMILES string of the molecule is O=C([O-])COc1ccc(/C=N\NC(=O)c2ccccc2Br)cc1. The van der Waals surface area contributed by atoms with E-state index in [0.717, 1.165) is 5.56 Å². The molecule has 0 saturated carbocycles. The summed E-state index contributed by atoms with van der Waals surface area (Å²) in [5.74, 6) is -1.21. The lowest BCUT2D eigenvalue weighted by Gasteiger charge is -2.06. The summed E-state index contributed by atoms with van der Waals surface area (Å²) in [6.07, 6.45) is 1.47. The minimum absolute atomic E-state index is 0.331. The lowest BCUT2D eigenvalue weighted by Crippen LogP contribution is -2.28. The van der Waals surface area contributed by atoms with E-state index in [9.17, 15) is 14.7 Å². The number of hydrogen-bond acceptors (Lipinski definition) is 5. The van der Waals surface area contributed by atoms with Crippen LogP contribution in [-0.2, 0) is 4.79 Å². The molecule has 0 bridgehead atoms. The Bertz CT molecular complexity index is 729. The zero-order valence-corrected chi connectivity index (χ0v) is 13.4. The summed E-state index contributed by atoms with van der Waals surface area (Å²) in [4.78, 5) is 22.2. The van der Waals surface area contributed by atoms with Crippen LogP contribution in [-0.4, -0.2) is 24.7 Å². The van der Waals surface area contributed by atoms with Crippen LogP contribution in [0.1, 0.15) is 15.9 Å². The van der Waals surface area contributed by atoms with E-state index in [4.69, 9.17) is 4.74 Å². The van der Waals surface area contributed by atoms with Crippen molar-refractivity contribution >= 4 is 34.0 Å². The number of aliphatic carboxylic acids is 1. The van der Waals surface area contributed by atoms with Crippen molar-refractivity contribution in [3.05, 3.63) is 64.1 Å². The van der Waals surface area contributed by atoms with Gasteiger partial charge in [0.2, 0.25) is 0 Å². The van der Waals surface area contributed by atoms with Crippen LogP contribution >= 0.6 is 15.9 Å². The Morgan fingerprint density at radius 3 is 2.52 bits per heavy atom. The molecule has 0 aliphatic heterocycles. The van der Waals surface area contributed by atoms with Crippen LogP contribution in [0.15, 0.2) is 58.1 Å². The van der Waals surface area contributed by atoms with E-state index in [0.29, 0.717) is 15.8 Å². The molecule has 0 radical (unpaired) electrons. The lowest BCUT2D eigenvalue weighted by atomic mass is 10.2. The second kappa shape index (κ2) is 8.09. The highest BCUT2D eigenvalue weighted by molar-refractivity contribution is 9.10. The van der Waals surface area contributed by atoms with E-state index in [1.807, 2.05) is 6.07 Å². The average Bonchev–Trinajstić information content (AvgIpc) is 2.54. The van der Waals surface area contributed by atoms with Gasteiger partial charge in [0.25, 0.3) is 5.91 Å². The highest BCUT2D eigenvalue weighted by Gasteiger charge is 2.07. The van der Waals surface area contributed by atoms with Gasteiger partial charge in [-0.1, -0.05) is 12.1 Å². The van der Waals surface area contributed by atoms with Gasteiger partial charge in [-0.3, -0.25) is 4.79 Å². The van der Waals surface area contributed by atoms with Crippen LogP contribution in [0.2, 0.25) is 0 Å². The molecule has 0 aliphatic rings. The van der Waals surface area contributed by atoms with Gasteiger partial charge in [0.15, 0.2) is 0 Å². The van der Waals surface area contributed by atoms with Gasteiger partial charge in [-0.25, -0.2) is 5.43 Å². The molecule has 0 unspecified atom stereocenters. The van der Waals surface area contributed by atoms with Gasteiger partial charge in [0.1, 0.15) is 12.4 Å². The Hall–Kier alpha value is -2.67. The monoisotopic (exact) mass is 375 g/mol. The van der Waals surface area contributed by atoms with Gasteiger partial charge in [0.05, 0.1) is 17.7 Å². The molecule has 7 heteroatoms. The van der Waals surface area contributed by atoms with Gasteiger partial charge in [-0.2, -0.15) is 5.10 Å². The van der Waals surface area contributed by atoms with E-state index in [2.05, 4.69) is 26.5 Å². The fraction of sp³-hybridized carbons (Fsp3) is 0.0625. The third kappa shape index (κ3) is 5.23. The molecule has 0 aliphatic carbocycles. The molecule has 2 aromatic carbocycles. The van der Waals surface area contributed by atoms with Gasteiger partial charge in [0, 0.05) is 4.47 Å². The van der Waals surface area contributed by atoms with E-state index in [1.165, 1.54) is 6.21 Å². The molecule has 2 aromatic rings. The number of carboxylic acids is 1. The molecular formula is C16H12BrN2O4-. The highest BCUT2D eigenvalue weighted by Crippen LogP contribution is 2.15. The van der Waals surface area contributed by atoms with E-state index in [-0.39, 0.29) is 5.91 Å². The Balaban J connectivity index is 1.92. The summed E-state index contributed by atoms with van der Waals surface area (Å²) in [5.41, 5.74) is 3.63. The maximum atomic E-state index is 11.9. The maximum Gasteiger partial charge on any atom is 0.272 e. The summed E-state index contributed by atoms with van der Waals surface area (Å²) in [6.45, 7) is -0.505. The normalized spacial score (nSPS) is 10.5. The minimum atomic E-state index is -1.29. The number of ether oxygens (including phenoxy) is 1. The van der Waals surface area contributed by atoms with Crippen molar-refractivity contribution in [3.63, 3.8) is 0 Å². The summed E-state index contributed by atoms with van der Waals surface area (Å²) in [5, 5.41) is 14.2. The van der Waals surface area contributed by atoms with Crippen molar-refractivity contribution in [2.45, 2.75) is 0 Å². The third-order valence-corrected chi connectivity index (χ3v) is 3.43. The Labute approximate surface area is 140 Å². The zero-order chi connectivity index (χ0) is 16.7. The standard InChI is InChI=1S/C16H13BrN2O4/c17-14-4-2-1-3-13(14)16(22)19-18-9-11-5-7-12(8-6-11)23-10-15(20)21/h1-9H,10H2,(H,19,22)(H,20,21)/p-1/b18-9-. The average molecular weight is 376 g/mol. The molecule has 23 heavy (non-hydrogen) atoms. The smallest absolute Gasteiger partial charge is 0.272 e. The summed E-state index contributed by atoms with van der Waals surface area (Å²) >= 11 is 3.29. The molecule has 0 saturated heterocycles. The predicted molar refractivity (Wildman–Crippen MR) is 86.1 cm³/mol. The summed E-state index contributed by atoms with van der Waals surface area (Å²) in [7, 11) is 0. The number of carboxylic acid groups (broad SMARTS) is 1. The Morgan fingerprint density at radius 2 is 1.87 bits per heavy atom. The van der Waals surface area contributed by atoms with Gasteiger partial charge in [-0.05, 0) is 57.9 Å². The van der Waals surface area contributed by atoms with Crippen molar-refractivity contribution in [2.75, 3.05) is 6.61 Å². The molecule has 118 valence electrons. The molecule has 0 fully saturated rings. The van der Waals surface area contributed by atoms with Crippen molar-refractivity contribution in [1.29, 1.82) is 0 Å². The van der Waals surface area contributed by atoms with Crippen molar-refractivity contribution in [3.8, 4) is 5.75 Å². The minimum Gasteiger partial charge on any atom is -0.546 e. The van der Waals surface area contributed by atoms with Gasteiger partial charge < -0.3 is 14.6 Å². The largest absolute Gasteiger partial charge is 0.546 e. The Morgan fingerprint density at radius 1 is 1.17 bits per heavy atom. The van der Waals surface area contributed by atoms with Gasteiger partial charge in [-0.15, -0.1) is 0 Å². The van der Waals surface area contributed by atoms with Gasteiger partial charge >= 0.3 is 0 Å². The maximum absolute atomic E-state index is 11.9. The molecule has 0 heterocycles. The number of hydrogen-bond donors (Lipinski definition) is 1. The fourth-order valence-electron chi connectivity index (χ4n) is 1.66. The topological polar surface area (TPSA) is 90.8 Å². The van der Waals surface area contributed by atoms with Crippen LogP contribution in [0.4, 0.5) is 0 Å².